The van der Waals surface area contributed by atoms with E-state index in [1.165, 1.54) is 17.2 Å². The Kier molecular flexibility index (Phi) is 13.8. The molecular formula is C29H45N9O8S. The van der Waals surface area contributed by atoms with Crippen molar-refractivity contribution in [2.75, 3.05) is 51.8 Å². The number of anilines is 1. The number of benzene rings is 1. The first-order chi connectivity index (χ1) is 22.6. The summed E-state index contributed by atoms with van der Waals surface area (Å²) in [5.41, 5.74) is 18.6. The summed E-state index contributed by atoms with van der Waals surface area (Å²) < 4.78 is 48.4. The predicted molar refractivity (Wildman–Crippen MR) is 172 cm³/mol. The van der Waals surface area contributed by atoms with E-state index in [-0.39, 0.29) is 36.5 Å². The third kappa shape index (κ3) is 10.1. The molecule has 1 aromatic carbocycles. The van der Waals surface area contributed by atoms with Crippen molar-refractivity contribution in [3.05, 3.63) is 48.5 Å². The molecule has 1 saturated heterocycles. The molecule has 18 heteroatoms. The molecule has 4 rings (SSSR count). The maximum atomic E-state index is 13.6. The number of aliphatic hydroxyl groups excluding tert-OH is 2. The monoisotopic (exact) mass is 679 g/mol. The van der Waals surface area contributed by atoms with Crippen LogP contribution in [-0.4, -0.2) is 119 Å². The Bertz CT molecular complexity index is 1510. The molecule has 47 heavy (non-hydrogen) atoms. The number of carbonyl (C=O) groups is 1. The summed E-state index contributed by atoms with van der Waals surface area (Å²) in [7, 11) is -4.43. The van der Waals surface area contributed by atoms with Gasteiger partial charge in [-0.2, -0.15) is 12.7 Å². The van der Waals surface area contributed by atoms with E-state index in [1.54, 1.807) is 24.3 Å². The number of nitrogens with zero attached hydrogens (tertiary/aromatic N) is 5. The molecule has 9 N–H and O–H groups in total. The van der Waals surface area contributed by atoms with Crippen LogP contribution in [0.2, 0.25) is 0 Å². The molecule has 5 atom stereocenters. The SMILES string of the molecule is NCCOCCOCCCCCCN(C[C@H]1O[C@@H](n2cnc3c(N)ncnc32)[C@H](O)[C@@H]1O)S(=O)(=O)NC(=O)[C@@H](N)Cc1ccccc1. The number of nitrogens with one attached hydrogen (secondary N) is 1. The molecule has 17 nitrogen and oxygen atoms in total. The lowest BCUT2D eigenvalue weighted by Gasteiger charge is -2.27. The summed E-state index contributed by atoms with van der Waals surface area (Å²) in [6.45, 7) is 2.05. The van der Waals surface area contributed by atoms with E-state index in [1.807, 2.05) is 6.07 Å². The smallest absolute Gasteiger partial charge is 0.303 e. The number of amides is 1. The van der Waals surface area contributed by atoms with Gasteiger partial charge >= 0.3 is 10.2 Å². The number of unbranched alkanes of at least 4 members (excludes halogenated alkanes) is 3. The van der Waals surface area contributed by atoms with E-state index in [2.05, 4.69) is 19.7 Å². The molecule has 3 aromatic rings. The second-order valence-electron chi connectivity index (χ2n) is 11.2. The molecular weight excluding hydrogens is 634 g/mol. The lowest BCUT2D eigenvalue weighted by Crippen LogP contribution is -2.52. The fourth-order valence-corrected chi connectivity index (χ4v) is 6.40. The number of hydrogen-bond donors (Lipinski definition) is 6. The maximum Gasteiger partial charge on any atom is 0.303 e. The van der Waals surface area contributed by atoms with Gasteiger partial charge in [-0.15, -0.1) is 0 Å². The van der Waals surface area contributed by atoms with E-state index in [9.17, 15) is 23.4 Å². The summed E-state index contributed by atoms with van der Waals surface area (Å²) in [5, 5.41) is 21.8. The largest absolute Gasteiger partial charge is 0.387 e. The molecule has 2 aromatic heterocycles. The molecule has 1 aliphatic rings. The van der Waals surface area contributed by atoms with Crippen LogP contribution >= 0.6 is 0 Å². The number of carbonyl (C=O) groups excluding carboxylic acids is 1. The Morgan fingerprint density at radius 2 is 1.74 bits per heavy atom. The Hall–Kier alpha value is -3.33. The van der Waals surface area contributed by atoms with Crippen molar-refractivity contribution in [3.8, 4) is 0 Å². The maximum absolute atomic E-state index is 13.6. The molecule has 0 spiro atoms. The summed E-state index contributed by atoms with van der Waals surface area (Å²) in [4.78, 5) is 25.1. The Morgan fingerprint density at radius 1 is 1.02 bits per heavy atom. The van der Waals surface area contributed by atoms with Crippen LogP contribution in [-0.2, 0) is 35.6 Å². The molecule has 0 saturated carbocycles. The fourth-order valence-electron chi connectivity index (χ4n) is 5.16. The Labute approximate surface area is 273 Å². The number of rotatable bonds is 20. The highest BCUT2D eigenvalue weighted by atomic mass is 32.2. The molecule has 1 fully saturated rings. The van der Waals surface area contributed by atoms with Gasteiger partial charge in [0, 0.05) is 26.2 Å². The fraction of sp³-hybridized carbons (Fsp3) is 0.586. The highest BCUT2D eigenvalue weighted by Crippen LogP contribution is 2.32. The number of aliphatic hydroxyl groups is 2. The van der Waals surface area contributed by atoms with Gasteiger partial charge in [0.2, 0.25) is 0 Å². The summed E-state index contributed by atoms with van der Waals surface area (Å²) in [5.74, 6) is -0.751. The van der Waals surface area contributed by atoms with Crippen LogP contribution < -0.4 is 21.9 Å². The van der Waals surface area contributed by atoms with Gasteiger partial charge < -0.3 is 41.6 Å². The second-order valence-corrected chi connectivity index (χ2v) is 12.9. The Morgan fingerprint density at radius 3 is 2.49 bits per heavy atom. The topological polar surface area (TPSA) is 256 Å². The average Bonchev–Trinajstić information content (AvgIpc) is 3.60. The summed E-state index contributed by atoms with van der Waals surface area (Å²) in [6.07, 6.45) is 0.128. The number of imidazole rings is 1. The lowest BCUT2D eigenvalue weighted by atomic mass is 10.1. The van der Waals surface area contributed by atoms with Crippen LogP contribution in [0.4, 0.5) is 5.82 Å². The quantitative estimate of drug-likeness (QED) is 0.0768. The first-order valence-electron chi connectivity index (χ1n) is 15.5. The van der Waals surface area contributed by atoms with E-state index >= 15 is 0 Å². The van der Waals surface area contributed by atoms with Crippen molar-refractivity contribution in [2.24, 2.45) is 11.5 Å². The van der Waals surface area contributed by atoms with Crippen LogP contribution in [0.3, 0.4) is 0 Å². The second kappa shape index (κ2) is 17.7. The van der Waals surface area contributed by atoms with Gasteiger partial charge in [0.05, 0.1) is 32.2 Å². The van der Waals surface area contributed by atoms with Gasteiger partial charge in [-0.3, -0.25) is 9.36 Å². The highest BCUT2D eigenvalue weighted by Gasteiger charge is 2.46. The standard InChI is InChI=1S/C29H45N9O8S/c30-10-13-45-15-14-44-12-7-2-1-6-11-37(47(42,43)36-28(41)21(31)16-20-8-4-3-5-9-20)17-22-24(39)25(40)29(46-22)38-19-35-23-26(32)33-18-34-27(23)38/h3-5,8-9,18-19,21-22,24-25,29,39-40H,1-2,6-7,10-17,30-31H2,(H,36,41)(H2,32,33,34)/t21-,22+,24+,25+,29+/m0/s1. The van der Waals surface area contributed by atoms with E-state index in [0.717, 1.165) is 22.7 Å². The van der Waals surface area contributed by atoms with Crippen molar-refractivity contribution in [3.63, 3.8) is 0 Å². The van der Waals surface area contributed by atoms with Gasteiger partial charge in [0.1, 0.15) is 30.2 Å². The zero-order chi connectivity index (χ0) is 33.8. The van der Waals surface area contributed by atoms with Crippen molar-refractivity contribution >= 4 is 33.1 Å². The zero-order valence-corrected chi connectivity index (χ0v) is 27.0. The molecule has 0 bridgehead atoms. The number of nitrogen functional groups attached to an aromatic ring is 1. The van der Waals surface area contributed by atoms with Crippen LogP contribution in [0.15, 0.2) is 43.0 Å². The van der Waals surface area contributed by atoms with Crippen molar-refractivity contribution < 1.29 is 37.6 Å². The molecule has 1 amide bonds. The van der Waals surface area contributed by atoms with Crippen LogP contribution in [0.5, 0.6) is 0 Å². The predicted octanol–water partition coefficient (Wildman–Crippen LogP) is -1.19. The van der Waals surface area contributed by atoms with E-state index in [0.29, 0.717) is 45.8 Å². The van der Waals surface area contributed by atoms with Gasteiger partial charge in [0.15, 0.2) is 17.7 Å². The van der Waals surface area contributed by atoms with Gasteiger partial charge in [0.25, 0.3) is 5.91 Å². The van der Waals surface area contributed by atoms with E-state index < -0.39 is 46.7 Å². The normalized spacial score (nSPS) is 20.6. The number of hydrogen-bond acceptors (Lipinski definition) is 14. The first-order valence-corrected chi connectivity index (χ1v) is 17.0. The summed E-state index contributed by atoms with van der Waals surface area (Å²) >= 11 is 0. The molecule has 0 aliphatic carbocycles. The molecule has 0 unspecified atom stereocenters. The molecule has 3 heterocycles. The third-order valence-corrected chi connectivity index (χ3v) is 9.14. The molecule has 260 valence electrons. The lowest BCUT2D eigenvalue weighted by molar-refractivity contribution is -0.120. The van der Waals surface area contributed by atoms with Crippen molar-refractivity contribution in [1.29, 1.82) is 0 Å². The highest BCUT2D eigenvalue weighted by molar-refractivity contribution is 7.87. The number of nitrogens with two attached hydrogens (primary N) is 3. The van der Waals surface area contributed by atoms with Crippen LogP contribution in [0, 0.1) is 0 Å². The summed E-state index contributed by atoms with van der Waals surface area (Å²) in [6, 6.07) is 7.87. The molecule has 0 radical (unpaired) electrons. The average molecular weight is 680 g/mol. The number of fused-ring (bicyclic) bond motifs is 1. The number of aromatic nitrogens is 4. The number of ether oxygens (including phenoxy) is 3. The zero-order valence-electron chi connectivity index (χ0n) is 26.1. The van der Waals surface area contributed by atoms with Crippen LogP contribution in [0.1, 0.15) is 37.5 Å². The minimum Gasteiger partial charge on any atom is -0.387 e. The van der Waals surface area contributed by atoms with E-state index in [4.69, 9.17) is 31.4 Å². The molecule has 1 aliphatic heterocycles. The first kappa shape index (κ1) is 36.5. The minimum absolute atomic E-state index is 0.00935. The van der Waals surface area contributed by atoms with Gasteiger partial charge in [-0.1, -0.05) is 43.2 Å². The van der Waals surface area contributed by atoms with Crippen molar-refractivity contribution in [1.82, 2.24) is 28.5 Å². The van der Waals surface area contributed by atoms with Gasteiger partial charge in [-0.05, 0) is 24.8 Å². The minimum atomic E-state index is -4.43. The Balaban J connectivity index is 1.39. The van der Waals surface area contributed by atoms with Gasteiger partial charge in [-0.25, -0.2) is 19.7 Å². The van der Waals surface area contributed by atoms with Crippen molar-refractivity contribution in [2.45, 2.75) is 62.7 Å². The third-order valence-electron chi connectivity index (χ3n) is 7.67. The van der Waals surface area contributed by atoms with Crippen LogP contribution in [0.25, 0.3) is 11.2 Å².